The van der Waals surface area contributed by atoms with Gasteiger partial charge in [0.05, 0.1) is 12.8 Å². The third-order valence-electron chi connectivity index (χ3n) is 2.38. The molecule has 0 N–H and O–H groups in total. The van der Waals surface area contributed by atoms with E-state index in [0.29, 0.717) is 5.88 Å². The Bertz CT molecular complexity index is 339. The second-order valence-electron chi connectivity index (χ2n) is 3.41. The van der Waals surface area contributed by atoms with E-state index in [2.05, 4.69) is 21.9 Å². The predicted molar refractivity (Wildman–Crippen MR) is 53.6 cm³/mol. The summed E-state index contributed by atoms with van der Waals surface area (Å²) in [6.45, 7) is 1.83. The molecule has 0 bridgehead atoms. The van der Waals surface area contributed by atoms with Crippen molar-refractivity contribution in [2.75, 3.05) is 20.7 Å². The maximum Gasteiger partial charge on any atom is 0.225 e. The van der Waals surface area contributed by atoms with Crippen molar-refractivity contribution in [3.8, 4) is 5.88 Å². The fourth-order valence-corrected chi connectivity index (χ4v) is 1.84. The molecule has 76 valence electrons. The third kappa shape index (κ3) is 1.67. The third-order valence-corrected chi connectivity index (χ3v) is 2.55. The molecule has 1 aromatic rings. The minimum absolute atomic E-state index is 0.269. The van der Waals surface area contributed by atoms with Gasteiger partial charge >= 0.3 is 0 Å². The molecule has 0 aliphatic carbocycles. The van der Waals surface area contributed by atoms with E-state index < -0.39 is 0 Å². The minimum atomic E-state index is 0.269. The Balaban J connectivity index is 2.47. The van der Waals surface area contributed by atoms with Crippen molar-refractivity contribution in [1.29, 1.82) is 0 Å². The summed E-state index contributed by atoms with van der Waals surface area (Å²) in [5.74, 6) is 0.603. The molecule has 1 aliphatic rings. The molecular formula is C9H12ClN3O. The summed E-state index contributed by atoms with van der Waals surface area (Å²) >= 11 is 5.78. The van der Waals surface area contributed by atoms with Crippen LogP contribution in [0.5, 0.6) is 5.88 Å². The van der Waals surface area contributed by atoms with Crippen LogP contribution in [0, 0.1) is 0 Å². The van der Waals surface area contributed by atoms with Crippen molar-refractivity contribution in [3.63, 3.8) is 0 Å². The molecule has 2 heterocycles. The first-order valence-corrected chi connectivity index (χ1v) is 4.86. The largest absolute Gasteiger partial charge is 0.481 e. The number of rotatable bonds is 1. The van der Waals surface area contributed by atoms with Crippen molar-refractivity contribution in [1.82, 2.24) is 14.9 Å². The minimum Gasteiger partial charge on any atom is -0.481 e. The Morgan fingerprint density at radius 2 is 2.21 bits per heavy atom. The summed E-state index contributed by atoms with van der Waals surface area (Å²) in [7, 11) is 3.67. The van der Waals surface area contributed by atoms with E-state index in [1.54, 1.807) is 7.11 Å². The molecule has 4 nitrogen and oxygen atoms in total. The molecule has 0 saturated heterocycles. The fraction of sp³-hybridized carbons (Fsp3) is 0.556. The lowest BCUT2D eigenvalue weighted by molar-refractivity contribution is 0.294. The Labute approximate surface area is 87.9 Å². The summed E-state index contributed by atoms with van der Waals surface area (Å²) in [5, 5.41) is 0.269. The molecule has 2 rings (SSSR count). The molecule has 0 radical (unpaired) electrons. The van der Waals surface area contributed by atoms with Crippen LogP contribution in [0.4, 0.5) is 0 Å². The predicted octanol–water partition coefficient (Wildman–Crippen LogP) is 1.13. The Morgan fingerprint density at radius 1 is 1.43 bits per heavy atom. The molecule has 0 saturated carbocycles. The van der Waals surface area contributed by atoms with Crippen LogP contribution in [0.15, 0.2) is 0 Å². The first kappa shape index (κ1) is 9.68. The van der Waals surface area contributed by atoms with E-state index >= 15 is 0 Å². The summed E-state index contributed by atoms with van der Waals surface area (Å²) in [5.41, 5.74) is 2.07. The Hall–Kier alpha value is -0.870. The van der Waals surface area contributed by atoms with Crippen LogP contribution in [0.25, 0.3) is 0 Å². The van der Waals surface area contributed by atoms with Crippen molar-refractivity contribution >= 4 is 11.6 Å². The van der Waals surface area contributed by atoms with Crippen LogP contribution in [0.1, 0.15) is 11.3 Å². The van der Waals surface area contributed by atoms with E-state index in [-0.39, 0.29) is 5.28 Å². The summed E-state index contributed by atoms with van der Waals surface area (Å²) in [4.78, 5) is 10.5. The summed E-state index contributed by atoms with van der Waals surface area (Å²) < 4.78 is 5.18. The number of nitrogens with zero attached hydrogens (tertiary/aromatic N) is 3. The lowest BCUT2D eigenvalue weighted by atomic mass is 10.1. The number of methoxy groups -OCH3 is 1. The molecule has 0 spiro atoms. The number of ether oxygens (including phenoxy) is 1. The van der Waals surface area contributed by atoms with Crippen molar-refractivity contribution in [2.24, 2.45) is 0 Å². The number of hydrogen-bond acceptors (Lipinski definition) is 4. The van der Waals surface area contributed by atoms with E-state index in [4.69, 9.17) is 16.3 Å². The maximum atomic E-state index is 5.78. The van der Waals surface area contributed by atoms with Gasteiger partial charge in [-0.05, 0) is 18.6 Å². The van der Waals surface area contributed by atoms with Crippen LogP contribution < -0.4 is 4.74 Å². The molecule has 0 fully saturated rings. The van der Waals surface area contributed by atoms with Crippen LogP contribution in [0.3, 0.4) is 0 Å². The number of hydrogen-bond donors (Lipinski definition) is 0. The normalized spacial score (nSPS) is 16.5. The summed E-state index contributed by atoms with van der Waals surface area (Å²) in [6.07, 6.45) is 0.907. The van der Waals surface area contributed by atoms with Gasteiger partial charge in [-0.15, -0.1) is 0 Å². The second kappa shape index (κ2) is 3.71. The molecule has 0 aromatic carbocycles. The van der Waals surface area contributed by atoms with Crippen LogP contribution >= 0.6 is 11.6 Å². The van der Waals surface area contributed by atoms with Crippen LogP contribution in [0.2, 0.25) is 5.28 Å². The topological polar surface area (TPSA) is 38.3 Å². The molecule has 14 heavy (non-hydrogen) atoms. The molecule has 0 atom stereocenters. The molecule has 0 unspecified atom stereocenters. The number of aromatic nitrogens is 2. The van der Waals surface area contributed by atoms with E-state index in [9.17, 15) is 0 Å². The lowest BCUT2D eigenvalue weighted by Crippen LogP contribution is -2.28. The van der Waals surface area contributed by atoms with Crippen molar-refractivity contribution in [3.05, 3.63) is 16.5 Å². The highest BCUT2D eigenvalue weighted by atomic mass is 35.5. The highest BCUT2D eigenvalue weighted by molar-refractivity contribution is 6.28. The fourth-order valence-electron chi connectivity index (χ4n) is 1.66. The van der Waals surface area contributed by atoms with Crippen molar-refractivity contribution < 1.29 is 4.74 Å². The number of fused-ring (bicyclic) bond motifs is 1. The van der Waals surface area contributed by atoms with Gasteiger partial charge in [0.25, 0.3) is 0 Å². The molecule has 1 aromatic heterocycles. The van der Waals surface area contributed by atoms with Gasteiger partial charge in [0.2, 0.25) is 11.2 Å². The zero-order valence-electron chi connectivity index (χ0n) is 8.25. The van der Waals surface area contributed by atoms with E-state index in [1.807, 2.05) is 0 Å². The van der Waals surface area contributed by atoms with Crippen molar-refractivity contribution in [2.45, 2.75) is 13.0 Å². The van der Waals surface area contributed by atoms with E-state index in [1.165, 1.54) is 0 Å². The smallest absolute Gasteiger partial charge is 0.225 e. The lowest BCUT2D eigenvalue weighted by Gasteiger charge is -2.24. The Morgan fingerprint density at radius 3 is 2.93 bits per heavy atom. The van der Waals surface area contributed by atoms with Gasteiger partial charge in [-0.2, -0.15) is 4.98 Å². The SMILES string of the molecule is COc1nc(Cl)nc2c1CN(C)CC2. The van der Waals surface area contributed by atoms with Crippen LogP contribution in [-0.2, 0) is 13.0 Å². The zero-order valence-corrected chi connectivity index (χ0v) is 9.01. The highest BCUT2D eigenvalue weighted by Crippen LogP contribution is 2.25. The monoisotopic (exact) mass is 213 g/mol. The first-order valence-electron chi connectivity index (χ1n) is 4.48. The summed E-state index contributed by atoms with van der Waals surface area (Å²) in [6, 6.07) is 0. The van der Waals surface area contributed by atoms with Gasteiger partial charge in [0.1, 0.15) is 0 Å². The molecule has 5 heteroatoms. The maximum absolute atomic E-state index is 5.78. The average Bonchev–Trinajstić information content (AvgIpc) is 2.17. The van der Waals surface area contributed by atoms with Gasteiger partial charge in [0, 0.05) is 25.1 Å². The van der Waals surface area contributed by atoms with Crippen LogP contribution in [-0.4, -0.2) is 35.6 Å². The van der Waals surface area contributed by atoms with Gasteiger partial charge in [0.15, 0.2) is 0 Å². The number of halogens is 1. The molecule has 1 aliphatic heterocycles. The highest BCUT2D eigenvalue weighted by Gasteiger charge is 2.20. The van der Waals surface area contributed by atoms with Gasteiger partial charge in [-0.25, -0.2) is 4.98 Å². The van der Waals surface area contributed by atoms with Gasteiger partial charge < -0.3 is 9.64 Å². The molecule has 0 amide bonds. The molecular weight excluding hydrogens is 202 g/mol. The standard InChI is InChI=1S/C9H12ClN3O/c1-13-4-3-7-6(5-13)8(14-2)12-9(10)11-7/h3-5H2,1-2H3. The number of likely N-dealkylation sites (N-methyl/N-ethyl adjacent to an activating group) is 1. The zero-order chi connectivity index (χ0) is 10.1. The quantitative estimate of drug-likeness (QED) is 0.656. The van der Waals surface area contributed by atoms with Gasteiger partial charge in [-0.3, -0.25) is 0 Å². The Kier molecular flexibility index (Phi) is 2.56. The van der Waals surface area contributed by atoms with E-state index in [0.717, 1.165) is 30.8 Å². The average molecular weight is 214 g/mol. The van der Waals surface area contributed by atoms with Gasteiger partial charge in [-0.1, -0.05) is 0 Å². The first-order chi connectivity index (χ1) is 6.70. The second-order valence-corrected chi connectivity index (χ2v) is 3.75.